The van der Waals surface area contributed by atoms with Crippen molar-refractivity contribution in [3.05, 3.63) is 48.0 Å². The highest BCUT2D eigenvalue weighted by Gasteiger charge is 2.30. The molecule has 21 nitrogen and oxygen atoms in total. The molecule has 0 aromatic heterocycles. The van der Waals surface area contributed by atoms with Crippen LogP contribution in [-0.4, -0.2) is 196 Å². The number of nitrogens with one attached hydrogen (secondary N) is 4. The summed E-state index contributed by atoms with van der Waals surface area (Å²) in [4.78, 5) is 106. The van der Waals surface area contributed by atoms with E-state index in [4.69, 9.17) is 5.11 Å². The van der Waals surface area contributed by atoms with Gasteiger partial charge in [-0.25, -0.2) is 14.4 Å². The van der Waals surface area contributed by atoms with Crippen molar-refractivity contribution in [1.29, 1.82) is 0 Å². The summed E-state index contributed by atoms with van der Waals surface area (Å²) in [6, 6.07) is 7.35. The second-order valence-electron chi connectivity index (χ2n) is 16.6. The summed E-state index contributed by atoms with van der Waals surface area (Å²) >= 11 is 0. The largest absolute Gasteiger partial charge is 0.481 e. The third kappa shape index (κ3) is 18.6. The zero-order chi connectivity index (χ0) is 47.3. The molecule has 2 aliphatic rings. The monoisotopic (exact) mass is 912 g/mol. The molecule has 6 atom stereocenters. The third-order valence-corrected chi connectivity index (χ3v) is 11.7. The molecule has 9 N–H and O–H groups in total. The van der Waals surface area contributed by atoms with Gasteiger partial charge in [0, 0.05) is 78.2 Å². The second-order valence-corrected chi connectivity index (χ2v) is 16.6. The van der Waals surface area contributed by atoms with Crippen LogP contribution in [0.4, 0.5) is 4.79 Å². The summed E-state index contributed by atoms with van der Waals surface area (Å²) in [5, 5.41) is 59.4. The predicted molar refractivity (Wildman–Crippen MR) is 236 cm³/mol. The molecule has 21 heteroatoms. The molecular weight excluding hydrogens is 849 g/mol. The molecule has 2 fully saturated rings. The lowest BCUT2D eigenvalue weighted by molar-refractivity contribution is -0.144. The average Bonchev–Trinajstić information content (AvgIpc) is 3.25. The Hall–Kier alpha value is -5.90. The van der Waals surface area contributed by atoms with Gasteiger partial charge in [-0.05, 0) is 74.4 Å². The Bertz CT molecular complexity index is 1950. The van der Waals surface area contributed by atoms with Crippen LogP contribution in [0.2, 0.25) is 0 Å². The van der Waals surface area contributed by atoms with Gasteiger partial charge in [0.15, 0.2) is 0 Å². The molecule has 358 valence electrons. The molecule has 2 bridgehead atoms. The van der Waals surface area contributed by atoms with Crippen LogP contribution in [0.3, 0.4) is 0 Å². The quantitative estimate of drug-likeness (QED) is 0.0688. The number of fused-ring (bicyclic) bond motifs is 4. The van der Waals surface area contributed by atoms with Crippen molar-refractivity contribution >= 4 is 58.5 Å². The fourth-order valence-electron chi connectivity index (χ4n) is 8.16. The first-order valence-electron chi connectivity index (χ1n) is 22.2. The van der Waals surface area contributed by atoms with Crippen molar-refractivity contribution in [2.75, 3.05) is 78.5 Å². The predicted octanol–water partition coefficient (Wildman–Crippen LogP) is 0.557. The van der Waals surface area contributed by atoms with Crippen LogP contribution in [-0.2, 0) is 40.0 Å². The van der Waals surface area contributed by atoms with Crippen LogP contribution in [0.5, 0.6) is 0 Å². The van der Waals surface area contributed by atoms with E-state index in [0.717, 1.165) is 42.4 Å². The molecule has 65 heavy (non-hydrogen) atoms. The summed E-state index contributed by atoms with van der Waals surface area (Å²) in [6.45, 7) is 6.74. The normalized spacial score (nSPS) is 19.4. The molecule has 2 saturated heterocycles. The molecule has 0 spiro atoms. The van der Waals surface area contributed by atoms with Crippen LogP contribution in [0.15, 0.2) is 42.5 Å². The molecular formula is C44H64N8O13. The van der Waals surface area contributed by atoms with E-state index in [-0.39, 0.29) is 51.6 Å². The van der Waals surface area contributed by atoms with Crippen molar-refractivity contribution in [3.63, 3.8) is 0 Å². The lowest BCUT2D eigenvalue weighted by Crippen LogP contribution is -2.51. The van der Waals surface area contributed by atoms with Crippen molar-refractivity contribution in [3.8, 4) is 0 Å². The van der Waals surface area contributed by atoms with Crippen LogP contribution in [0, 0.1) is 0 Å². The van der Waals surface area contributed by atoms with E-state index >= 15 is 0 Å². The summed E-state index contributed by atoms with van der Waals surface area (Å²) in [7, 11) is 0. The molecule has 4 amide bonds. The second kappa shape index (κ2) is 26.8. The number of carbonyl (C=O) groups is 8. The van der Waals surface area contributed by atoms with Crippen molar-refractivity contribution in [2.45, 2.75) is 88.4 Å². The van der Waals surface area contributed by atoms with Gasteiger partial charge in [0.1, 0.15) is 24.2 Å². The number of rotatable bonds is 23. The highest BCUT2D eigenvalue weighted by atomic mass is 16.4. The maximum absolute atomic E-state index is 13.7. The molecule has 0 saturated carbocycles. The minimum atomic E-state index is -1.55. The number of amides is 4. The third-order valence-electron chi connectivity index (χ3n) is 11.7. The van der Waals surface area contributed by atoms with Crippen molar-refractivity contribution in [1.82, 2.24) is 40.9 Å². The van der Waals surface area contributed by atoms with Gasteiger partial charge in [-0.2, -0.15) is 0 Å². The Morgan fingerprint density at radius 2 is 1.20 bits per heavy atom. The van der Waals surface area contributed by atoms with Gasteiger partial charge in [0.05, 0.1) is 6.54 Å². The number of carboxylic acids is 5. The first kappa shape index (κ1) is 51.7. The van der Waals surface area contributed by atoms with E-state index in [9.17, 15) is 58.8 Å². The minimum absolute atomic E-state index is 0.00798. The fourth-order valence-corrected chi connectivity index (χ4v) is 8.16. The summed E-state index contributed by atoms with van der Waals surface area (Å²) in [5.74, 6) is -7.02. The van der Waals surface area contributed by atoms with E-state index in [1.807, 2.05) is 52.3 Å². The maximum atomic E-state index is 13.7. The number of carbonyl (C=O) groups excluding carboxylic acids is 3. The van der Waals surface area contributed by atoms with Crippen LogP contribution < -0.4 is 21.3 Å². The van der Waals surface area contributed by atoms with Gasteiger partial charge in [-0.15, -0.1) is 0 Å². The number of benzene rings is 2. The van der Waals surface area contributed by atoms with Gasteiger partial charge < -0.3 is 56.6 Å². The number of unbranched alkanes of at least 4 members (excludes halogenated alkanes) is 1. The number of aliphatic carboxylic acids is 5. The summed E-state index contributed by atoms with van der Waals surface area (Å²) < 4.78 is 0. The Morgan fingerprint density at radius 3 is 1.85 bits per heavy atom. The zero-order valence-corrected chi connectivity index (χ0v) is 36.7. The van der Waals surface area contributed by atoms with Crippen LogP contribution in [0.1, 0.15) is 63.4 Å². The standard InChI is InChI=1S/C44H64N8O13/c53-37(14-13-36(43(63)64)52-20-6-18-49-21-22-50(25-26-52)17-5-19-51(24-23-49)29-39(56)57)46-35(28-30-10-11-31-7-1-2-8-32(31)27-30)40(58)45-16-4-3-9-33(41(59)60)47-44(65)48-34(42(61)62)12-15-38(54)55/h1-2,7-8,10-11,27,33-36H,3-6,9,12-26,28-29H2,(H,45,58)(H,46,53)(H,54,55)(H,56,57)(H,59,60)(H,61,62)(H,63,64)(H2,47,48,65)/t33-,34-,35-,36+/m0/s1. The fraction of sp³-hybridized carbons (Fsp3) is 0.591. The van der Waals surface area contributed by atoms with Crippen molar-refractivity contribution < 1.29 is 63.9 Å². The SMILES string of the molecule is O=C(O)CC[C@H](NC(=O)N[C@@H](CCCCNC(=O)[C@H](Cc1ccc2ccccc2c1)NC(=O)CC[C@H](C(=O)O)N1CCCN2CCN(CCCN(CC(=O)O)CC2)CC1)C(=O)O)C(=O)O. The van der Waals surface area contributed by atoms with Gasteiger partial charge in [-0.1, -0.05) is 42.5 Å². The molecule has 2 unspecified atom stereocenters. The highest BCUT2D eigenvalue weighted by molar-refractivity contribution is 5.89. The van der Waals surface area contributed by atoms with Gasteiger partial charge in [0.25, 0.3) is 0 Å². The van der Waals surface area contributed by atoms with Gasteiger partial charge >= 0.3 is 35.9 Å². The van der Waals surface area contributed by atoms with Gasteiger partial charge in [-0.3, -0.25) is 33.8 Å². The van der Waals surface area contributed by atoms with Crippen molar-refractivity contribution in [2.24, 2.45) is 0 Å². The molecule has 2 aromatic carbocycles. The maximum Gasteiger partial charge on any atom is 0.326 e. The molecule has 0 aliphatic carbocycles. The lowest BCUT2D eigenvalue weighted by atomic mass is 10.0. The number of hydrogen-bond acceptors (Lipinski definition) is 12. The highest BCUT2D eigenvalue weighted by Crippen LogP contribution is 2.18. The van der Waals surface area contributed by atoms with Crippen LogP contribution >= 0.6 is 0 Å². The molecule has 2 heterocycles. The average molecular weight is 913 g/mol. The molecule has 2 aliphatic heterocycles. The number of nitrogens with zero attached hydrogens (tertiary/aromatic N) is 4. The Morgan fingerprint density at radius 1 is 0.569 bits per heavy atom. The van der Waals surface area contributed by atoms with Gasteiger partial charge in [0.2, 0.25) is 11.8 Å². The lowest BCUT2D eigenvalue weighted by Gasteiger charge is -2.37. The van der Waals surface area contributed by atoms with E-state index in [0.29, 0.717) is 52.2 Å². The number of carboxylic acid groups (broad SMARTS) is 5. The summed E-state index contributed by atoms with van der Waals surface area (Å²) in [6.07, 6.45) is 0.939. The van der Waals surface area contributed by atoms with E-state index < -0.39 is 84.7 Å². The molecule has 2 aromatic rings. The molecule has 0 radical (unpaired) electrons. The smallest absolute Gasteiger partial charge is 0.326 e. The number of hydrogen-bond donors (Lipinski definition) is 9. The topological polar surface area (TPSA) is 299 Å². The van der Waals surface area contributed by atoms with E-state index in [1.165, 1.54) is 0 Å². The van der Waals surface area contributed by atoms with Crippen LogP contribution in [0.25, 0.3) is 10.8 Å². The minimum Gasteiger partial charge on any atom is -0.481 e. The Balaban J connectivity index is 1.35. The first-order valence-corrected chi connectivity index (χ1v) is 22.2. The summed E-state index contributed by atoms with van der Waals surface area (Å²) in [5.41, 5.74) is 0.773. The molecule has 4 rings (SSSR count). The Kier molecular flexibility index (Phi) is 21.3. The number of urea groups is 1. The van der Waals surface area contributed by atoms with E-state index in [1.54, 1.807) is 0 Å². The Labute approximate surface area is 377 Å². The zero-order valence-electron chi connectivity index (χ0n) is 36.7. The van der Waals surface area contributed by atoms with E-state index in [2.05, 4.69) is 31.1 Å². The first-order chi connectivity index (χ1) is 31.1.